The van der Waals surface area contributed by atoms with Crippen LogP contribution in [0.1, 0.15) is 19.8 Å². The molecule has 4 heteroatoms. The predicted molar refractivity (Wildman–Crippen MR) is 71.6 cm³/mol. The Balaban J connectivity index is 1.73. The summed E-state index contributed by atoms with van der Waals surface area (Å²) in [6.45, 7) is 2.28. The molecule has 2 aliphatic rings. The minimum absolute atomic E-state index is 0.0944. The molecule has 1 saturated carbocycles. The topological polar surface area (TPSA) is 41.1 Å². The standard InChI is InChI=1S/C13H16N2OS/c1-8-4-10(5-8)14-9-2-3-12-11(6-9)15-13(16)7-17-12/h2-3,6,8,10,14H,4-5,7H2,1H3,(H,15,16). The molecule has 1 aromatic carbocycles. The van der Waals surface area contributed by atoms with Crippen LogP contribution in [-0.2, 0) is 4.79 Å². The molecule has 1 aliphatic carbocycles. The summed E-state index contributed by atoms with van der Waals surface area (Å²) in [4.78, 5) is 12.5. The number of carbonyl (C=O) groups excluding carboxylic acids is 1. The van der Waals surface area contributed by atoms with Crippen LogP contribution in [0.3, 0.4) is 0 Å². The summed E-state index contributed by atoms with van der Waals surface area (Å²) in [6, 6.07) is 6.84. The quantitative estimate of drug-likeness (QED) is 0.845. The summed E-state index contributed by atoms with van der Waals surface area (Å²) in [6.07, 6.45) is 2.50. The van der Waals surface area contributed by atoms with Crippen molar-refractivity contribution in [1.82, 2.24) is 0 Å². The molecule has 17 heavy (non-hydrogen) atoms. The van der Waals surface area contributed by atoms with Crippen LogP contribution in [0, 0.1) is 5.92 Å². The zero-order chi connectivity index (χ0) is 11.8. The van der Waals surface area contributed by atoms with E-state index in [1.165, 1.54) is 12.8 Å². The number of hydrogen-bond acceptors (Lipinski definition) is 3. The fourth-order valence-corrected chi connectivity index (χ4v) is 3.22. The normalized spacial score (nSPS) is 26.8. The molecule has 3 nitrogen and oxygen atoms in total. The number of hydrogen-bond donors (Lipinski definition) is 2. The van der Waals surface area contributed by atoms with Crippen molar-refractivity contribution in [2.45, 2.75) is 30.7 Å². The molecule has 1 fully saturated rings. The monoisotopic (exact) mass is 248 g/mol. The summed E-state index contributed by atoms with van der Waals surface area (Å²) in [5, 5.41) is 6.43. The Bertz CT molecular complexity index is 455. The molecule has 1 heterocycles. The van der Waals surface area contributed by atoms with Crippen LogP contribution in [0.25, 0.3) is 0 Å². The van der Waals surface area contributed by atoms with Crippen LogP contribution in [0.4, 0.5) is 11.4 Å². The molecule has 1 amide bonds. The Kier molecular flexibility index (Phi) is 2.74. The fourth-order valence-electron chi connectivity index (χ4n) is 2.43. The van der Waals surface area contributed by atoms with Gasteiger partial charge in [-0.1, -0.05) is 6.92 Å². The molecule has 0 bridgehead atoms. The molecule has 0 unspecified atom stereocenters. The lowest BCUT2D eigenvalue weighted by Gasteiger charge is -2.34. The van der Waals surface area contributed by atoms with Crippen molar-refractivity contribution in [2.24, 2.45) is 5.92 Å². The molecule has 0 radical (unpaired) electrons. The first kappa shape index (κ1) is 11.0. The van der Waals surface area contributed by atoms with Gasteiger partial charge in [-0.3, -0.25) is 4.79 Å². The minimum Gasteiger partial charge on any atom is -0.382 e. The fraction of sp³-hybridized carbons (Fsp3) is 0.462. The van der Waals surface area contributed by atoms with E-state index in [2.05, 4.69) is 29.7 Å². The van der Waals surface area contributed by atoms with Gasteiger partial charge in [0.05, 0.1) is 11.4 Å². The molecule has 3 rings (SSSR count). The van der Waals surface area contributed by atoms with E-state index in [9.17, 15) is 4.79 Å². The van der Waals surface area contributed by atoms with Crippen molar-refractivity contribution in [2.75, 3.05) is 16.4 Å². The van der Waals surface area contributed by atoms with E-state index in [-0.39, 0.29) is 5.91 Å². The second-order valence-electron chi connectivity index (χ2n) is 4.97. The molecule has 1 aliphatic heterocycles. The molecular formula is C13H16N2OS. The summed E-state index contributed by atoms with van der Waals surface area (Å²) in [5.74, 6) is 1.47. The third-order valence-electron chi connectivity index (χ3n) is 3.36. The van der Waals surface area contributed by atoms with Crippen molar-refractivity contribution in [3.05, 3.63) is 18.2 Å². The highest BCUT2D eigenvalue weighted by molar-refractivity contribution is 8.00. The van der Waals surface area contributed by atoms with Crippen molar-refractivity contribution in [1.29, 1.82) is 0 Å². The zero-order valence-corrected chi connectivity index (χ0v) is 10.6. The first-order chi connectivity index (χ1) is 8.20. The van der Waals surface area contributed by atoms with E-state index >= 15 is 0 Å². The molecule has 0 aromatic heterocycles. The van der Waals surface area contributed by atoms with Gasteiger partial charge in [0.15, 0.2) is 0 Å². The minimum atomic E-state index is 0.0944. The van der Waals surface area contributed by atoms with E-state index in [0.717, 1.165) is 22.2 Å². The molecule has 2 N–H and O–H groups in total. The van der Waals surface area contributed by atoms with E-state index in [0.29, 0.717) is 11.8 Å². The molecule has 0 spiro atoms. The number of fused-ring (bicyclic) bond motifs is 1. The third kappa shape index (κ3) is 2.27. The average Bonchev–Trinajstić information content (AvgIpc) is 2.26. The van der Waals surface area contributed by atoms with E-state index < -0.39 is 0 Å². The lowest BCUT2D eigenvalue weighted by atomic mass is 9.82. The summed E-state index contributed by atoms with van der Waals surface area (Å²) < 4.78 is 0. The number of rotatable bonds is 2. The number of nitrogens with one attached hydrogen (secondary N) is 2. The summed E-state index contributed by atoms with van der Waals surface area (Å²) in [5.41, 5.74) is 2.06. The molecule has 90 valence electrons. The first-order valence-electron chi connectivity index (χ1n) is 6.04. The summed E-state index contributed by atoms with van der Waals surface area (Å²) >= 11 is 1.60. The summed E-state index contributed by atoms with van der Waals surface area (Å²) in [7, 11) is 0. The Morgan fingerprint density at radius 1 is 1.41 bits per heavy atom. The second kappa shape index (κ2) is 4.26. The van der Waals surface area contributed by atoms with Gasteiger partial charge in [0, 0.05) is 16.6 Å². The van der Waals surface area contributed by atoms with Crippen LogP contribution in [0.15, 0.2) is 23.1 Å². The number of anilines is 2. The van der Waals surface area contributed by atoms with Crippen LogP contribution in [0.2, 0.25) is 0 Å². The molecule has 1 aromatic rings. The van der Waals surface area contributed by atoms with Gasteiger partial charge in [-0.15, -0.1) is 11.8 Å². The van der Waals surface area contributed by atoms with E-state index in [4.69, 9.17) is 0 Å². The number of carbonyl (C=O) groups is 1. The maximum Gasteiger partial charge on any atom is 0.234 e. The third-order valence-corrected chi connectivity index (χ3v) is 4.43. The van der Waals surface area contributed by atoms with Gasteiger partial charge in [0.2, 0.25) is 5.91 Å². The first-order valence-corrected chi connectivity index (χ1v) is 7.02. The Morgan fingerprint density at radius 3 is 3.00 bits per heavy atom. The highest BCUT2D eigenvalue weighted by atomic mass is 32.2. The zero-order valence-electron chi connectivity index (χ0n) is 9.82. The van der Waals surface area contributed by atoms with Gasteiger partial charge < -0.3 is 10.6 Å². The SMILES string of the molecule is CC1CC(Nc2ccc3c(c2)NC(=O)CS3)C1. The van der Waals surface area contributed by atoms with Gasteiger partial charge in [0.25, 0.3) is 0 Å². The predicted octanol–water partition coefficient (Wildman–Crippen LogP) is 2.94. The van der Waals surface area contributed by atoms with Gasteiger partial charge in [-0.05, 0) is 37.0 Å². The highest BCUT2D eigenvalue weighted by Gasteiger charge is 2.25. The Labute approximate surface area is 105 Å². The Morgan fingerprint density at radius 2 is 2.24 bits per heavy atom. The van der Waals surface area contributed by atoms with Crippen LogP contribution >= 0.6 is 11.8 Å². The number of amides is 1. The maximum atomic E-state index is 11.3. The van der Waals surface area contributed by atoms with Gasteiger partial charge in [0.1, 0.15) is 0 Å². The van der Waals surface area contributed by atoms with Gasteiger partial charge in [-0.25, -0.2) is 0 Å². The maximum absolute atomic E-state index is 11.3. The van der Waals surface area contributed by atoms with Crippen molar-refractivity contribution in [3.63, 3.8) is 0 Å². The smallest absolute Gasteiger partial charge is 0.234 e. The van der Waals surface area contributed by atoms with E-state index in [1.807, 2.05) is 6.07 Å². The van der Waals surface area contributed by atoms with Crippen LogP contribution in [0.5, 0.6) is 0 Å². The highest BCUT2D eigenvalue weighted by Crippen LogP contribution is 2.35. The average molecular weight is 248 g/mol. The lowest BCUT2D eigenvalue weighted by molar-refractivity contribution is -0.113. The van der Waals surface area contributed by atoms with Crippen LogP contribution < -0.4 is 10.6 Å². The molecule has 0 saturated heterocycles. The van der Waals surface area contributed by atoms with E-state index in [1.54, 1.807) is 11.8 Å². The molecule has 0 atom stereocenters. The number of benzene rings is 1. The van der Waals surface area contributed by atoms with Crippen molar-refractivity contribution in [3.8, 4) is 0 Å². The largest absolute Gasteiger partial charge is 0.382 e. The number of thioether (sulfide) groups is 1. The lowest BCUT2D eigenvalue weighted by Crippen LogP contribution is -2.33. The molecular weight excluding hydrogens is 232 g/mol. The van der Waals surface area contributed by atoms with Gasteiger partial charge in [-0.2, -0.15) is 0 Å². The van der Waals surface area contributed by atoms with Gasteiger partial charge >= 0.3 is 0 Å². The van der Waals surface area contributed by atoms with Crippen LogP contribution in [-0.4, -0.2) is 17.7 Å². The van der Waals surface area contributed by atoms with Crippen molar-refractivity contribution >= 4 is 29.0 Å². The van der Waals surface area contributed by atoms with Crippen molar-refractivity contribution < 1.29 is 4.79 Å². The Hall–Kier alpha value is -1.16. The second-order valence-corrected chi connectivity index (χ2v) is 5.98.